The summed E-state index contributed by atoms with van der Waals surface area (Å²) in [6.07, 6.45) is 1.79. The first kappa shape index (κ1) is 14.2. The largest absolute Gasteiger partial charge is 0.256 e. The van der Waals surface area contributed by atoms with Crippen LogP contribution in [-0.4, -0.2) is 11.5 Å². The molecule has 0 aliphatic carbocycles. The van der Waals surface area contributed by atoms with Crippen LogP contribution in [0.2, 0.25) is 0 Å². The normalized spacial score (nSPS) is 13.2. The van der Waals surface area contributed by atoms with Crippen LogP contribution in [0.25, 0.3) is 0 Å². The standard InChI is InChI=1S/C13H21NS/c1-9(2)8-14-13(10(3)4)12(7)15-11(5)6/h8,11H,1,3H2,2,4-7H3. The van der Waals surface area contributed by atoms with Crippen LogP contribution >= 0.6 is 11.8 Å². The highest BCUT2D eigenvalue weighted by Gasteiger charge is 2.04. The number of hydrogen-bond donors (Lipinski definition) is 0. The predicted octanol–water partition coefficient (Wildman–Crippen LogP) is 4.58. The molecule has 0 aromatic rings. The summed E-state index contributed by atoms with van der Waals surface area (Å²) < 4.78 is 0. The zero-order chi connectivity index (χ0) is 12.0. The second-order valence-corrected chi connectivity index (χ2v) is 5.75. The Hall–Kier alpha value is -0.760. The molecule has 0 unspecified atom stereocenters. The Labute approximate surface area is 98.1 Å². The molecule has 0 fully saturated rings. The third kappa shape index (κ3) is 6.34. The fourth-order valence-corrected chi connectivity index (χ4v) is 2.13. The first-order chi connectivity index (χ1) is 6.84. The number of rotatable bonds is 5. The van der Waals surface area contributed by atoms with Gasteiger partial charge in [0.1, 0.15) is 0 Å². The molecular weight excluding hydrogens is 202 g/mol. The summed E-state index contributed by atoms with van der Waals surface area (Å²) in [5.41, 5.74) is 2.94. The lowest BCUT2D eigenvalue weighted by Crippen LogP contribution is -1.91. The van der Waals surface area contributed by atoms with Gasteiger partial charge < -0.3 is 0 Å². The van der Waals surface area contributed by atoms with Crippen LogP contribution in [0.5, 0.6) is 0 Å². The van der Waals surface area contributed by atoms with Crippen molar-refractivity contribution in [2.45, 2.75) is 39.9 Å². The minimum Gasteiger partial charge on any atom is -0.256 e. The molecule has 0 aliphatic heterocycles. The highest BCUT2D eigenvalue weighted by molar-refractivity contribution is 8.03. The first-order valence-electron chi connectivity index (χ1n) is 5.07. The Morgan fingerprint density at radius 3 is 2.07 bits per heavy atom. The minimum atomic E-state index is 0.569. The van der Waals surface area contributed by atoms with Crippen molar-refractivity contribution in [2.75, 3.05) is 0 Å². The summed E-state index contributed by atoms with van der Waals surface area (Å²) >= 11 is 1.82. The van der Waals surface area contributed by atoms with Gasteiger partial charge >= 0.3 is 0 Å². The molecule has 15 heavy (non-hydrogen) atoms. The Kier molecular flexibility index (Phi) is 6.34. The van der Waals surface area contributed by atoms with E-state index in [-0.39, 0.29) is 0 Å². The second kappa shape index (κ2) is 6.67. The van der Waals surface area contributed by atoms with Crippen LogP contribution in [-0.2, 0) is 0 Å². The summed E-state index contributed by atoms with van der Waals surface area (Å²) in [6.45, 7) is 18.1. The van der Waals surface area contributed by atoms with Crippen molar-refractivity contribution in [3.63, 3.8) is 0 Å². The molecule has 1 nitrogen and oxygen atoms in total. The number of nitrogens with zero attached hydrogens (tertiary/aromatic N) is 1. The van der Waals surface area contributed by atoms with Gasteiger partial charge in [-0.1, -0.05) is 27.0 Å². The molecule has 0 amide bonds. The van der Waals surface area contributed by atoms with Gasteiger partial charge in [-0.05, 0) is 31.9 Å². The smallest absolute Gasteiger partial charge is 0.0745 e. The van der Waals surface area contributed by atoms with Crippen molar-refractivity contribution in [1.29, 1.82) is 0 Å². The molecule has 0 saturated heterocycles. The summed E-state index contributed by atoms with van der Waals surface area (Å²) in [5.74, 6) is 0. The van der Waals surface area contributed by atoms with Gasteiger partial charge in [-0.2, -0.15) is 0 Å². The summed E-state index contributed by atoms with van der Waals surface area (Å²) in [7, 11) is 0. The molecule has 0 radical (unpaired) electrons. The van der Waals surface area contributed by atoms with Gasteiger partial charge in [-0.3, -0.25) is 4.99 Å². The first-order valence-corrected chi connectivity index (χ1v) is 5.95. The maximum Gasteiger partial charge on any atom is 0.0745 e. The molecule has 0 heterocycles. The van der Waals surface area contributed by atoms with E-state index in [1.807, 2.05) is 25.6 Å². The van der Waals surface area contributed by atoms with E-state index in [9.17, 15) is 0 Å². The van der Waals surface area contributed by atoms with Crippen molar-refractivity contribution >= 4 is 18.0 Å². The van der Waals surface area contributed by atoms with Crippen molar-refractivity contribution in [3.8, 4) is 0 Å². The van der Waals surface area contributed by atoms with Gasteiger partial charge in [-0.15, -0.1) is 11.8 Å². The van der Waals surface area contributed by atoms with Crippen molar-refractivity contribution < 1.29 is 0 Å². The molecule has 0 bridgehead atoms. The molecule has 0 aromatic heterocycles. The molecule has 2 heteroatoms. The fourth-order valence-electron chi connectivity index (χ4n) is 1.09. The van der Waals surface area contributed by atoms with Crippen LogP contribution in [0.3, 0.4) is 0 Å². The average molecular weight is 223 g/mol. The van der Waals surface area contributed by atoms with Crippen LogP contribution in [0.4, 0.5) is 0 Å². The molecular formula is C13H21NS. The van der Waals surface area contributed by atoms with Gasteiger partial charge in [0.2, 0.25) is 0 Å². The van der Waals surface area contributed by atoms with E-state index >= 15 is 0 Å². The number of thioether (sulfide) groups is 1. The van der Waals surface area contributed by atoms with E-state index in [0.29, 0.717) is 5.25 Å². The SMILES string of the molecule is C=C(C)C=NC(C(=C)C)=C(C)SC(C)C. The lowest BCUT2D eigenvalue weighted by Gasteiger charge is -2.09. The monoisotopic (exact) mass is 223 g/mol. The number of aliphatic imine (C=N–C) groups is 1. The molecule has 0 rings (SSSR count). The van der Waals surface area contributed by atoms with E-state index in [1.165, 1.54) is 4.91 Å². The van der Waals surface area contributed by atoms with Crippen molar-refractivity contribution in [1.82, 2.24) is 0 Å². The third-order valence-corrected chi connectivity index (χ3v) is 2.58. The summed E-state index contributed by atoms with van der Waals surface area (Å²) in [6, 6.07) is 0. The molecule has 0 N–H and O–H groups in total. The second-order valence-electron chi connectivity index (χ2n) is 3.96. The molecule has 0 spiro atoms. The van der Waals surface area contributed by atoms with Crippen molar-refractivity contribution in [2.24, 2.45) is 4.99 Å². The highest BCUT2D eigenvalue weighted by Crippen LogP contribution is 2.27. The van der Waals surface area contributed by atoms with E-state index in [1.54, 1.807) is 6.21 Å². The molecule has 0 saturated carbocycles. The molecule has 0 atom stereocenters. The van der Waals surface area contributed by atoms with Gasteiger partial charge in [0, 0.05) is 16.4 Å². The Morgan fingerprint density at radius 2 is 1.73 bits per heavy atom. The highest BCUT2D eigenvalue weighted by atomic mass is 32.2. The van der Waals surface area contributed by atoms with Crippen LogP contribution in [0, 0.1) is 0 Å². The average Bonchev–Trinajstić information content (AvgIpc) is 2.01. The molecule has 0 aromatic carbocycles. The van der Waals surface area contributed by atoms with Gasteiger partial charge in [0.25, 0.3) is 0 Å². The summed E-state index contributed by atoms with van der Waals surface area (Å²) in [4.78, 5) is 5.63. The quantitative estimate of drug-likeness (QED) is 0.491. The lowest BCUT2D eigenvalue weighted by atomic mass is 10.2. The molecule has 0 aliphatic rings. The van der Waals surface area contributed by atoms with E-state index in [2.05, 4.69) is 38.9 Å². The van der Waals surface area contributed by atoms with E-state index in [0.717, 1.165) is 16.8 Å². The van der Waals surface area contributed by atoms with Gasteiger partial charge in [0.05, 0.1) is 5.70 Å². The van der Waals surface area contributed by atoms with Gasteiger partial charge in [0.15, 0.2) is 0 Å². The minimum absolute atomic E-state index is 0.569. The van der Waals surface area contributed by atoms with E-state index < -0.39 is 0 Å². The zero-order valence-electron chi connectivity index (χ0n) is 10.4. The Morgan fingerprint density at radius 1 is 1.20 bits per heavy atom. The zero-order valence-corrected chi connectivity index (χ0v) is 11.2. The molecule has 84 valence electrons. The summed E-state index contributed by atoms with van der Waals surface area (Å²) in [5, 5.41) is 0.569. The van der Waals surface area contributed by atoms with Crippen molar-refractivity contribution in [3.05, 3.63) is 34.9 Å². The van der Waals surface area contributed by atoms with Gasteiger partial charge in [-0.25, -0.2) is 0 Å². The number of allylic oxidation sites excluding steroid dienone is 3. The predicted molar refractivity (Wildman–Crippen MR) is 73.5 cm³/mol. The Bertz CT molecular complexity index is 308. The maximum atomic E-state index is 4.41. The van der Waals surface area contributed by atoms with E-state index in [4.69, 9.17) is 0 Å². The topological polar surface area (TPSA) is 12.4 Å². The Balaban J connectivity index is 4.94. The third-order valence-electron chi connectivity index (χ3n) is 1.56. The fraction of sp³-hybridized carbons (Fsp3) is 0.462. The van der Waals surface area contributed by atoms with Crippen LogP contribution < -0.4 is 0 Å². The van der Waals surface area contributed by atoms with Crippen LogP contribution in [0.1, 0.15) is 34.6 Å². The maximum absolute atomic E-state index is 4.41. The number of hydrogen-bond acceptors (Lipinski definition) is 2. The van der Waals surface area contributed by atoms with Crippen LogP contribution in [0.15, 0.2) is 39.9 Å². The lowest BCUT2D eigenvalue weighted by molar-refractivity contribution is 1.11.